The first-order chi connectivity index (χ1) is 8.27. The molecule has 19 heavy (non-hydrogen) atoms. The number of hydrogen-bond donors (Lipinski definition) is 1. The van der Waals surface area contributed by atoms with Crippen molar-refractivity contribution in [1.82, 2.24) is 4.90 Å². The summed E-state index contributed by atoms with van der Waals surface area (Å²) in [5.41, 5.74) is -0.957. The smallest absolute Gasteiger partial charge is 0.406 e. The van der Waals surface area contributed by atoms with E-state index in [9.17, 15) is 22.8 Å². The molecule has 0 bridgehead atoms. The number of rotatable bonds is 4. The Bertz CT molecular complexity index is 345. The first-order valence-corrected chi connectivity index (χ1v) is 5.87. The number of hydrogen-bond acceptors (Lipinski definition) is 2. The van der Waals surface area contributed by atoms with Gasteiger partial charge in [0.2, 0.25) is 5.91 Å². The van der Waals surface area contributed by atoms with Crippen LogP contribution in [0.3, 0.4) is 0 Å². The van der Waals surface area contributed by atoms with E-state index in [2.05, 4.69) is 0 Å². The van der Waals surface area contributed by atoms with Gasteiger partial charge in [0.05, 0.1) is 0 Å². The zero-order valence-corrected chi connectivity index (χ0v) is 11.7. The topological polar surface area (TPSA) is 57.6 Å². The highest BCUT2D eigenvalue weighted by Crippen LogP contribution is 2.30. The van der Waals surface area contributed by atoms with Crippen molar-refractivity contribution in [1.29, 1.82) is 0 Å². The van der Waals surface area contributed by atoms with E-state index in [1.165, 1.54) is 34.6 Å². The third-order valence-corrected chi connectivity index (χ3v) is 2.62. The van der Waals surface area contributed by atoms with Crippen LogP contribution in [0, 0.1) is 11.3 Å². The third kappa shape index (κ3) is 5.48. The van der Waals surface area contributed by atoms with Crippen LogP contribution in [0.1, 0.15) is 34.6 Å². The number of amides is 1. The largest absolute Gasteiger partial charge is 0.481 e. The molecule has 0 aromatic carbocycles. The summed E-state index contributed by atoms with van der Waals surface area (Å²) < 4.78 is 37.3. The van der Waals surface area contributed by atoms with Crippen molar-refractivity contribution in [2.45, 2.75) is 46.8 Å². The summed E-state index contributed by atoms with van der Waals surface area (Å²) in [6.45, 7) is 5.93. The van der Waals surface area contributed by atoms with E-state index in [0.717, 1.165) is 0 Å². The van der Waals surface area contributed by atoms with Crippen LogP contribution >= 0.6 is 0 Å². The van der Waals surface area contributed by atoms with E-state index in [-0.39, 0.29) is 0 Å². The number of carboxylic acids is 1. The van der Waals surface area contributed by atoms with Crippen LogP contribution in [0.15, 0.2) is 0 Å². The molecule has 112 valence electrons. The summed E-state index contributed by atoms with van der Waals surface area (Å²) in [5, 5.41) is 9.08. The summed E-state index contributed by atoms with van der Waals surface area (Å²) in [4.78, 5) is 23.8. The molecule has 0 aliphatic heterocycles. The van der Waals surface area contributed by atoms with Gasteiger partial charge in [0.25, 0.3) is 0 Å². The quantitative estimate of drug-likeness (QED) is 0.807. The minimum atomic E-state index is -4.55. The molecule has 0 heterocycles. The first kappa shape index (κ1) is 17.7. The van der Waals surface area contributed by atoms with Crippen molar-refractivity contribution in [2.75, 3.05) is 6.54 Å². The van der Waals surface area contributed by atoms with Gasteiger partial charge in [-0.05, 0) is 19.3 Å². The summed E-state index contributed by atoms with van der Waals surface area (Å²) in [5.74, 6) is -3.92. The summed E-state index contributed by atoms with van der Waals surface area (Å²) in [6.07, 6.45) is -4.55. The van der Waals surface area contributed by atoms with Crippen LogP contribution in [0.2, 0.25) is 0 Å². The van der Waals surface area contributed by atoms with Crippen LogP contribution in [-0.2, 0) is 9.59 Å². The van der Waals surface area contributed by atoms with Crippen LogP contribution in [0.25, 0.3) is 0 Å². The Morgan fingerprint density at radius 2 is 1.58 bits per heavy atom. The SMILES string of the molecule is CC(C)N(CC(F)(F)F)C(=O)C(C(=O)O)C(C)(C)C. The average Bonchev–Trinajstić information content (AvgIpc) is 2.08. The molecule has 4 nitrogen and oxygen atoms in total. The highest BCUT2D eigenvalue weighted by molar-refractivity contribution is 5.97. The molecular weight excluding hydrogens is 263 g/mol. The zero-order chi connectivity index (χ0) is 15.6. The normalized spacial score (nSPS) is 14.4. The van der Waals surface area contributed by atoms with Crippen LogP contribution in [0.4, 0.5) is 13.2 Å². The fourth-order valence-corrected chi connectivity index (χ4v) is 1.72. The maximum absolute atomic E-state index is 12.4. The predicted octanol–water partition coefficient (Wildman–Crippen LogP) is 2.53. The Morgan fingerprint density at radius 1 is 1.16 bits per heavy atom. The van der Waals surface area contributed by atoms with E-state index < -0.39 is 42.0 Å². The highest BCUT2D eigenvalue weighted by Gasteiger charge is 2.43. The molecule has 0 rings (SSSR count). The van der Waals surface area contributed by atoms with E-state index in [4.69, 9.17) is 5.11 Å². The maximum atomic E-state index is 12.4. The van der Waals surface area contributed by atoms with E-state index in [1.807, 2.05) is 0 Å². The van der Waals surface area contributed by atoms with E-state index >= 15 is 0 Å². The molecule has 0 saturated carbocycles. The molecule has 0 aliphatic carbocycles. The lowest BCUT2D eigenvalue weighted by atomic mass is 9.79. The molecule has 0 aromatic heterocycles. The Labute approximate surface area is 110 Å². The van der Waals surface area contributed by atoms with Crippen LogP contribution in [0.5, 0.6) is 0 Å². The Hall–Kier alpha value is -1.27. The molecule has 1 unspecified atom stereocenters. The number of nitrogens with zero attached hydrogens (tertiary/aromatic N) is 1. The van der Waals surface area contributed by atoms with Gasteiger partial charge in [-0.2, -0.15) is 13.2 Å². The number of carboxylic acid groups (broad SMARTS) is 1. The van der Waals surface area contributed by atoms with Crippen molar-refractivity contribution in [3.63, 3.8) is 0 Å². The lowest BCUT2D eigenvalue weighted by Gasteiger charge is -2.34. The van der Waals surface area contributed by atoms with Gasteiger partial charge in [0.1, 0.15) is 12.5 Å². The molecule has 7 heteroatoms. The third-order valence-electron chi connectivity index (χ3n) is 2.62. The molecule has 1 atom stereocenters. The second-order valence-electron chi connectivity index (χ2n) is 5.81. The van der Waals surface area contributed by atoms with Gasteiger partial charge in [-0.25, -0.2) is 0 Å². The molecule has 1 amide bonds. The molecule has 1 N–H and O–H groups in total. The molecular formula is C12H20F3NO3. The van der Waals surface area contributed by atoms with Crippen molar-refractivity contribution in [3.05, 3.63) is 0 Å². The summed E-state index contributed by atoms with van der Waals surface area (Å²) >= 11 is 0. The van der Waals surface area contributed by atoms with Gasteiger partial charge in [-0.3, -0.25) is 9.59 Å². The van der Waals surface area contributed by atoms with Crippen LogP contribution < -0.4 is 0 Å². The Balaban J connectivity index is 5.34. The van der Waals surface area contributed by atoms with Gasteiger partial charge >= 0.3 is 12.1 Å². The van der Waals surface area contributed by atoms with Crippen LogP contribution in [-0.4, -0.2) is 40.6 Å². The number of carbonyl (C=O) groups excluding carboxylic acids is 1. The minimum absolute atomic E-state index is 0.560. The number of aliphatic carboxylic acids is 1. The van der Waals surface area contributed by atoms with Crippen molar-refractivity contribution in [3.8, 4) is 0 Å². The Morgan fingerprint density at radius 3 is 1.79 bits per heavy atom. The number of carbonyl (C=O) groups is 2. The van der Waals surface area contributed by atoms with Crippen molar-refractivity contribution < 1.29 is 27.9 Å². The monoisotopic (exact) mass is 283 g/mol. The number of halogens is 3. The van der Waals surface area contributed by atoms with E-state index in [0.29, 0.717) is 4.90 Å². The van der Waals surface area contributed by atoms with Crippen molar-refractivity contribution in [2.24, 2.45) is 11.3 Å². The van der Waals surface area contributed by atoms with Gasteiger partial charge in [-0.1, -0.05) is 20.8 Å². The molecule has 0 aliphatic rings. The fourth-order valence-electron chi connectivity index (χ4n) is 1.72. The zero-order valence-electron chi connectivity index (χ0n) is 11.7. The summed E-state index contributed by atoms with van der Waals surface area (Å²) in [6, 6.07) is -0.724. The second kappa shape index (κ2) is 5.79. The molecule has 0 spiro atoms. The fraction of sp³-hybridized carbons (Fsp3) is 0.833. The van der Waals surface area contributed by atoms with Gasteiger partial charge in [0.15, 0.2) is 0 Å². The first-order valence-electron chi connectivity index (χ1n) is 5.87. The van der Waals surface area contributed by atoms with Crippen molar-refractivity contribution >= 4 is 11.9 Å². The lowest BCUT2D eigenvalue weighted by molar-refractivity contribution is -0.174. The predicted molar refractivity (Wildman–Crippen MR) is 63.5 cm³/mol. The van der Waals surface area contributed by atoms with Gasteiger partial charge < -0.3 is 10.0 Å². The van der Waals surface area contributed by atoms with Gasteiger partial charge in [0, 0.05) is 6.04 Å². The molecule has 0 fully saturated rings. The average molecular weight is 283 g/mol. The number of alkyl halides is 3. The Kier molecular flexibility index (Phi) is 5.41. The van der Waals surface area contributed by atoms with E-state index in [1.54, 1.807) is 0 Å². The van der Waals surface area contributed by atoms with Gasteiger partial charge in [-0.15, -0.1) is 0 Å². The maximum Gasteiger partial charge on any atom is 0.406 e. The molecule has 0 aromatic rings. The molecule has 0 saturated heterocycles. The summed E-state index contributed by atoms with van der Waals surface area (Å²) in [7, 11) is 0. The lowest BCUT2D eigenvalue weighted by Crippen LogP contribution is -2.50. The second-order valence-corrected chi connectivity index (χ2v) is 5.81. The minimum Gasteiger partial charge on any atom is -0.481 e. The standard InChI is InChI=1S/C12H20F3NO3/c1-7(2)16(6-12(13,14)15)9(17)8(10(18)19)11(3,4)5/h7-8H,6H2,1-5H3,(H,18,19). The molecule has 0 radical (unpaired) electrons. The highest BCUT2D eigenvalue weighted by atomic mass is 19.4.